The van der Waals surface area contributed by atoms with Gasteiger partial charge in [0.05, 0.1) is 0 Å². The zero-order valence-corrected chi connectivity index (χ0v) is 43.3. The maximum absolute atomic E-state index is 2.77. The predicted molar refractivity (Wildman–Crippen MR) is 322 cm³/mol. The maximum atomic E-state index is 2.77. The summed E-state index contributed by atoms with van der Waals surface area (Å²) in [6.07, 6.45) is 64.8. The zero-order chi connectivity index (χ0) is 49.8. The van der Waals surface area contributed by atoms with Crippen molar-refractivity contribution in [2.45, 2.75) is 64.2 Å². The number of rotatable bonds is 7. The molecule has 0 nitrogen and oxygen atoms in total. The predicted octanol–water partition coefficient (Wildman–Crippen LogP) is 19.8. The fraction of sp³-hybridized carbons (Fsp3) is 0.211. The second-order valence-electron chi connectivity index (χ2n) is 23.0. The molecule has 0 fully saturated rings. The third-order valence-corrected chi connectivity index (χ3v) is 19.2. The minimum Gasteiger partial charge on any atom is -0.0842 e. The Bertz CT molecular complexity index is 3960. The first-order valence-electron chi connectivity index (χ1n) is 28.8. The van der Waals surface area contributed by atoms with Gasteiger partial charge in [-0.15, -0.1) is 0 Å². The Labute approximate surface area is 448 Å². The molecule has 11 aliphatic rings. The van der Waals surface area contributed by atoms with Crippen LogP contribution in [0.1, 0.15) is 86.5 Å². The Kier molecular flexibility index (Phi) is 10.5. The van der Waals surface area contributed by atoms with Gasteiger partial charge in [0.15, 0.2) is 0 Å². The van der Waals surface area contributed by atoms with Gasteiger partial charge in [-0.05, 0) is 209 Å². The van der Waals surface area contributed by atoms with E-state index in [1.165, 1.54) is 116 Å². The van der Waals surface area contributed by atoms with Gasteiger partial charge in [0.2, 0.25) is 0 Å². The summed E-state index contributed by atoms with van der Waals surface area (Å²) in [5.74, 6) is 1.57. The molecule has 0 heteroatoms. The number of allylic oxidation sites excluding steroid dienone is 34. The summed E-state index contributed by atoms with van der Waals surface area (Å²) in [5.41, 5.74) is 29.6. The van der Waals surface area contributed by atoms with Crippen molar-refractivity contribution in [3.05, 3.63) is 285 Å². The molecular formula is C76H62. The standard InChI is InChI=1S/C76H62/c1-8-25-47(26-9-1)56-43-44-59-72-60(45-54-39-22-23-40-55(54)70(56)72)75-68(53-37-20-7-21-38-53)71-57-41-24-42-58-69(57)62(46-61(71)63(73(59)75)48-27-10-2-11-28-48)76-67(52-35-18-6-19-36-52)65(50-31-14-4-15-32-50)64(49-29-12-3-13-30-49)66(74(58)76)51-33-16-5-17-34-51/h1-3,5-8,10-12,14,16-21,23-25,27-29,31-33,35,37-38,40-46,51-52,65,67,70,72H,4,9,13,15,22,26,30,34,36,39H2. The maximum Gasteiger partial charge on any atom is 0.0212 e. The highest BCUT2D eigenvalue weighted by molar-refractivity contribution is 6.31. The lowest BCUT2D eigenvalue weighted by molar-refractivity contribution is 0.405. The second kappa shape index (κ2) is 17.9. The minimum atomic E-state index is 0.222. The van der Waals surface area contributed by atoms with Crippen molar-refractivity contribution in [3.8, 4) is 22.3 Å². The fourth-order valence-electron chi connectivity index (χ4n) is 16.3. The van der Waals surface area contributed by atoms with Crippen LogP contribution in [0.4, 0.5) is 0 Å². The van der Waals surface area contributed by atoms with E-state index in [4.69, 9.17) is 0 Å². The number of hydrogen-bond donors (Lipinski definition) is 0. The van der Waals surface area contributed by atoms with Crippen LogP contribution in [0, 0.1) is 35.5 Å². The van der Waals surface area contributed by atoms with Crippen molar-refractivity contribution in [3.63, 3.8) is 0 Å². The van der Waals surface area contributed by atoms with Gasteiger partial charge in [-0.3, -0.25) is 0 Å². The molecule has 0 amide bonds. The van der Waals surface area contributed by atoms with Crippen LogP contribution in [0.2, 0.25) is 0 Å². The van der Waals surface area contributed by atoms with Crippen LogP contribution in [0.5, 0.6) is 0 Å². The van der Waals surface area contributed by atoms with E-state index in [-0.39, 0.29) is 29.6 Å². The molecule has 5 aromatic rings. The van der Waals surface area contributed by atoms with E-state index in [1.807, 2.05) is 0 Å². The van der Waals surface area contributed by atoms with E-state index in [0.29, 0.717) is 5.92 Å². The molecule has 0 saturated carbocycles. The van der Waals surface area contributed by atoms with Gasteiger partial charge in [0.25, 0.3) is 0 Å². The van der Waals surface area contributed by atoms with Gasteiger partial charge in [0, 0.05) is 29.6 Å². The molecule has 366 valence electrons. The molecule has 6 unspecified atom stereocenters. The van der Waals surface area contributed by atoms with Crippen molar-refractivity contribution in [2.24, 2.45) is 35.5 Å². The Morgan fingerprint density at radius 3 is 1.91 bits per heavy atom. The van der Waals surface area contributed by atoms with E-state index in [9.17, 15) is 0 Å². The molecule has 6 atom stereocenters. The van der Waals surface area contributed by atoms with Crippen molar-refractivity contribution in [1.29, 1.82) is 0 Å². The molecule has 16 rings (SSSR count). The molecule has 0 heterocycles. The zero-order valence-electron chi connectivity index (χ0n) is 43.3. The Morgan fingerprint density at radius 2 is 1.17 bits per heavy atom. The molecule has 0 N–H and O–H groups in total. The summed E-state index contributed by atoms with van der Waals surface area (Å²) in [7, 11) is 0. The van der Waals surface area contributed by atoms with Crippen molar-refractivity contribution >= 4 is 43.8 Å². The van der Waals surface area contributed by atoms with E-state index in [1.54, 1.807) is 16.7 Å². The molecule has 0 radical (unpaired) electrons. The Morgan fingerprint density at radius 1 is 0.434 bits per heavy atom. The topological polar surface area (TPSA) is 0 Å². The third kappa shape index (κ3) is 6.62. The average Bonchev–Trinajstić information content (AvgIpc) is 4.20. The SMILES string of the molecule is C1=CCCC(C2=CC=C3c4c(c(-c5ccccc5)c5c(cc6c7c(cccc75)C5=C6C(C6C=CC=CC6)C(C6=CCCC=C6)C(C6=CC=CCC6)=C5C5C=CC=CC5)c4-c4ccccc4)C4=CC5=C(C=CCC5)C2C34)=C1. The highest BCUT2D eigenvalue weighted by Crippen LogP contribution is 2.67. The average molecular weight is 975 g/mol. The van der Waals surface area contributed by atoms with Gasteiger partial charge in [0.1, 0.15) is 0 Å². The lowest BCUT2D eigenvalue weighted by Crippen LogP contribution is -2.33. The number of benzene rings is 5. The molecule has 0 saturated heterocycles. The fourth-order valence-corrected chi connectivity index (χ4v) is 16.3. The smallest absolute Gasteiger partial charge is 0.0212 e. The lowest BCUT2D eigenvalue weighted by atomic mass is 9.58. The molecular weight excluding hydrogens is 913 g/mol. The highest BCUT2D eigenvalue weighted by Gasteiger charge is 2.50. The van der Waals surface area contributed by atoms with Crippen molar-refractivity contribution in [2.75, 3.05) is 0 Å². The summed E-state index contributed by atoms with van der Waals surface area (Å²) < 4.78 is 0. The molecule has 0 aromatic heterocycles. The van der Waals surface area contributed by atoms with Crippen LogP contribution in [0.15, 0.2) is 263 Å². The third-order valence-electron chi connectivity index (χ3n) is 19.2. The molecule has 11 aliphatic carbocycles. The summed E-state index contributed by atoms with van der Waals surface area (Å²) in [6.45, 7) is 0. The van der Waals surface area contributed by atoms with Gasteiger partial charge in [-0.25, -0.2) is 0 Å². The number of fused-ring (bicyclic) bond motifs is 8. The van der Waals surface area contributed by atoms with Crippen molar-refractivity contribution < 1.29 is 0 Å². The normalized spacial score (nSPS) is 26.3. The van der Waals surface area contributed by atoms with E-state index < -0.39 is 0 Å². The first-order valence-corrected chi connectivity index (χ1v) is 28.8. The van der Waals surface area contributed by atoms with Crippen LogP contribution >= 0.6 is 0 Å². The molecule has 76 heavy (non-hydrogen) atoms. The summed E-state index contributed by atoms with van der Waals surface area (Å²) in [6, 6.07) is 33.4. The summed E-state index contributed by atoms with van der Waals surface area (Å²) in [4.78, 5) is 0. The summed E-state index contributed by atoms with van der Waals surface area (Å²) >= 11 is 0. The van der Waals surface area contributed by atoms with Crippen LogP contribution in [-0.4, -0.2) is 0 Å². The van der Waals surface area contributed by atoms with E-state index in [2.05, 4.69) is 219 Å². The Hall–Kier alpha value is -7.80. The van der Waals surface area contributed by atoms with Crippen LogP contribution in [0.3, 0.4) is 0 Å². The van der Waals surface area contributed by atoms with Gasteiger partial charge >= 0.3 is 0 Å². The molecule has 0 bridgehead atoms. The van der Waals surface area contributed by atoms with Crippen LogP contribution in [-0.2, 0) is 0 Å². The highest BCUT2D eigenvalue weighted by atomic mass is 14.5. The first-order chi connectivity index (χ1) is 37.8. The Balaban J connectivity index is 1.07. The summed E-state index contributed by atoms with van der Waals surface area (Å²) in [5, 5.41) is 5.61. The largest absolute Gasteiger partial charge is 0.0842 e. The number of hydrogen-bond acceptors (Lipinski definition) is 0. The van der Waals surface area contributed by atoms with Crippen LogP contribution in [0.25, 0.3) is 66.1 Å². The molecule has 0 aliphatic heterocycles. The van der Waals surface area contributed by atoms with Crippen LogP contribution < -0.4 is 0 Å². The lowest BCUT2D eigenvalue weighted by Gasteiger charge is -2.44. The molecule has 5 aromatic carbocycles. The minimum absolute atomic E-state index is 0.222. The molecule has 0 spiro atoms. The quantitative estimate of drug-likeness (QED) is 0.143. The first kappa shape index (κ1) is 44.5. The van der Waals surface area contributed by atoms with E-state index in [0.717, 1.165) is 64.2 Å². The second-order valence-corrected chi connectivity index (χ2v) is 23.0. The van der Waals surface area contributed by atoms with E-state index >= 15 is 0 Å². The van der Waals surface area contributed by atoms with Gasteiger partial charge < -0.3 is 0 Å². The van der Waals surface area contributed by atoms with Gasteiger partial charge in [-0.1, -0.05) is 213 Å². The van der Waals surface area contributed by atoms with Crippen molar-refractivity contribution in [1.82, 2.24) is 0 Å². The van der Waals surface area contributed by atoms with Gasteiger partial charge in [-0.2, -0.15) is 0 Å². The monoisotopic (exact) mass is 974 g/mol.